The van der Waals surface area contributed by atoms with Gasteiger partial charge in [-0.25, -0.2) is 0 Å². The van der Waals surface area contributed by atoms with E-state index in [1.165, 1.54) is 5.56 Å². The van der Waals surface area contributed by atoms with Gasteiger partial charge in [0.25, 0.3) is 0 Å². The molecule has 3 nitrogen and oxygen atoms in total. The molecule has 1 aliphatic heterocycles. The number of ether oxygens (including phenoxy) is 2. The molecule has 0 aromatic heterocycles. The summed E-state index contributed by atoms with van der Waals surface area (Å²) in [4.78, 5) is 13.4. The van der Waals surface area contributed by atoms with Gasteiger partial charge in [-0.3, -0.25) is 4.79 Å². The molecule has 0 amide bonds. The van der Waals surface area contributed by atoms with E-state index in [2.05, 4.69) is 18.2 Å². The Morgan fingerprint density at radius 2 is 1.40 bits per heavy atom. The third kappa shape index (κ3) is 3.46. The van der Waals surface area contributed by atoms with Crippen LogP contribution in [0.4, 0.5) is 0 Å². The van der Waals surface area contributed by atoms with Gasteiger partial charge in [0.05, 0.1) is 0 Å². The number of carbonyl (C=O) groups excluding carboxylic acids is 1. The third-order valence-corrected chi connectivity index (χ3v) is 5.33. The van der Waals surface area contributed by atoms with Crippen LogP contribution in [0.15, 0.2) is 103 Å². The van der Waals surface area contributed by atoms with E-state index in [1.54, 1.807) is 12.1 Å². The number of carbonyl (C=O) groups is 1. The van der Waals surface area contributed by atoms with Crippen molar-refractivity contribution >= 4 is 5.97 Å². The van der Waals surface area contributed by atoms with E-state index in [1.807, 2.05) is 72.8 Å². The highest BCUT2D eigenvalue weighted by molar-refractivity contribution is 5.87. The summed E-state index contributed by atoms with van der Waals surface area (Å²) in [7, 11) is 0. The maximum Gasteiger partial charge on any atom is 0.323 e. The summed E-state index contributed by atoms with van der Waals surface area (Å²) in [5, 5.41) is 0. The smallest absolute Gasteiger partial charge is 0.323 e. The first-order valence-electron chi connectivity index (χ1n) is 9.99. The van der Waals surface area contributed by atoms with Gasteiger partial charge >= 0.3 is 5.97 Å². The van der Waals surface area contributed by atoms with Crippen molar-refractivity contribution in [2.45, 2.75) is 12.3 Å². The molecular formula is C27H20O3. The van der Waals surface area contributed by atoms with Crippen LogP contribution in [-0.2, 0) is 11.2 Å². The van der Waals surface area contributed by atoms with Crippen molar-refractivity contribution in [2.24, 2.45) is 0 Å². The SMILES string of the molecule is O=C(Oc1ccccc1)[C@H]1c2ccccc2Oc2cccc(Cc3ccccc3)c21. The van der Waals surface area contributed by atoms with Crippen LogP contribution in [0.25, 0.3) is 0 Å². The van der Waals surface area contributed by atoms with Crippen molar-refractivity contribution < 1.29 is 14.3 Å². The van der Waals surface area contributed by atoms with Gasteiger partial charge in [-0.15, -0.1) is 0 Å². The maximum absolute atomic E-state index is 13.4. The Hall–Kier alpha value is -3.85. The number of fused-ring (bicyclic) bond motifs is 2. The minimum atomic E-state index is -0.551. The van der Waals surface area contributed by atoms with Crippen LogP contribution >= 0.6 is 0 Å². The first kappa shape index (κ1) is 18.2. The number of rotatable bonds is 4. The lowest BCUT2D eigenvalue weighted by Gasteiger charge is -2.29. The molecule has 30 heavy (non-hydrogen) atoms. The van der Waals surface area contributed by atoms with Gasteiger partial charge in [-0.1, -0.05) is 78.9 Å². The monoisotopic (exact) mass is 392 g/mol. The van der Waals surface area contributed by atoms with Crippen LogP contribution in [-0.4, -0.2) is 5.97 Å². The molecule has 0 aliphatic carbocycles. The summed E-state index contributed by atoms with van der Waals surface area (Å²) in [6.07, 6.45) is 0.713. The standard InChI is InChI=1S/C27H20O3/c28-27(29-21-13-5-2-6-14-21)26-22-15-7-8-16-23(22)30-24-17-9-12-20(25(24)26)18-19-10-3-1-4-11-19/h1-17,26H,18H2/t26-/m0/s1. The minimum absolute atomic E-state index is 0.307. The lowest BCUT2D eigenvalue weighted by molar-refractivity contribution is -0.135. The van der Waals surface area contributed by atoms with Gasteiger partial charge in [0.1, 0.15) is 23.2 Å². The molecule has 0 fully saturated rings. The Morgan fingerprint density at radius 3 is 2.20 bits per heavy atom. The summed E-state index contributed by atoms with van der Waals surface area (Å²) in [5.74, 6) is 1.08. The summed E-state index contributed by atoms with van der Waals surface area (Å²) in [6.45, 7) is 0. The summed E-state index contributed by atoms with van der Waals surface area (Å²) >= 11 is 0. The zero-order chi connectivity index (χ0) is 20.3. The second-order valence-electron chi connectivity index (χ2n) is 7.30. The van der Waals surface area contributed by atoms with Crippen molar-refractivity contribution in [2.75, 3.05) is 0 Å². The fourth-order valence-corrected chi connectivity index (χ4v) is 3.97. The van der Waals surface area contributed by atoms with Crippen molar-refractivity contribution in [1.82, 2.24) is 0 Å². The van der Waals surface area contributed by atoms with Gasteiger partial charge in [0.15, 0.2) is 0 Å². The fraction of sp³-hybridized carbons (Fsp3) is 0.0741. The zero-order valence-electron chi connectivity index (χ0n) is 16.3. The average Bonchev–Trinajstić information content (AvgIpc) is 2.79. The first-order valence-corrected chi connectivity index (χ1v) is 9.99. The Kier molecular flexibility index (Phi) is 4.78. The fourth-order valence-electron chi connectivity index (χ4n) is 3.97. The highest BCUT2D eigenvalue weighted by Crippen LogP contribution is 2.46. The van der Waals surface area contributed by atoms with Crippen molar-refractivity contribution in [3.8, 4) is 17.2 Å². The summed E-state index contributed by atoms with van der Waals surface area (Å²) < 4.78 is 12.0. The molecule has 3 heteroatoms. The van der Waals surface area contributed by atoms with Crippen LogP contribution in [0.3, 0.4) is 0 Å². The molecular weight excluding hydrogens is 372 g/mol. The highest BCUT2D eigenvalue weighted by Gasteiger charge is 2.36. The lowest BCUT2D eigenvalue weighted by atomic mass is 9.83. The van der Waals surface area contributed by atoms with Crippen molar-refractivity contribution in [1.29, 1.82) is 0 Å². The second-order valence-corrected chi connectivity index (χ2v) is 7.30. The van der Waals surface area contributed by atoms with E-state index in [0.29, 0.717) is 23.7 Å². The maximum atomic E-state index is 13.4. The molecule has 1 heterocycles. The highest BCUT2D eigenvalue weighted by atomic mass is 16.5. The van der Waals surface area contributed by atoms with E-state index >= 15 is 0 Å². The van der Waals surface area contributed by atoms with Crippen LogP contribution in [0, 0.1) is 0 Å². The van der Waals surface area contributed by atoms with Gasteiger partial charge in [0, 0.05) is 11.1 Å². The summed E-state index contributed by atoms with van der Waals surface area (Å²) in [6, 6.07) is 33.1. The average molecular weight is 392 g/mol. The van der Waals surface area contributed by atoms with Gasteiger partial charge in [-0.05, 0) is 41.8 Å². The number of para-hydroxylation sites is 2. The molecule has 0 saturated heterocycles. The number of hydrogen-bond donors (Lipinski definition) is 0. The van der Waals surface area contributed by atoms with E-state index in [9.17, 15) is 4.79 Å². The van der Waals surface area contributed by atoms with Crippen LogP contribution in [0.2, 0.25) is 0 Å². The summed E-state index contributed by atoms with van der Waals surface area (Å²) in [5.41, 5.74) is 3.94. The zero-order valence-corrected chi connectivity index (χ0v) is 16.3. The molecule has 0 radical (unpaired) electrons. The Bertz CT molecular complexity index is 1180. The Morgan fingerprint density at radius 1 is 0.733 bits per heavy atom. The molecule has 146 valence electrons. The number of benzene rings is 4. The molecule has 0 bridgehead atoms. The van der Waals surface area contributed by atoms with Crippen LogP contribution in [0.1, 0.15) is 28.2 Å². The number of esters is 1. The van der Waals surface area contributed by atoms with E-state index < -0.39 is 5.92 Å². The Balaban J connectivity index is 1.60. The van der Waals surface area contributed by atoms with Crippen molar-refractivity contribution in [3.05, 3.63) is 125 Å². The molecule has 1 aliphatic rings. The van der Waals surface area contributed by atoms with E-state index in [0.717, 1.165) is 16.7 Å². The van der Waals surface area contributed by atoms with Crippen LogP contribution in [0.5, 0.6) is 17.2 Å². The topological polar surface area (TPSA) is 35.5 Å². The molecule has 0 unspecified atom stereocenters. The quantitative estimate of drug-likeness (QED) is 0.310. The first-order chi connectivity index (χ1) is 14.8. The van der Waals surface area contributed by atoms with Gasteiger partial charge < -0.3 is 9.47 Å². The van der Waals surface area contributed by atoms with Gasteiger partial charge in [-0.2, -0.15) is 0 Å². The Labute approximate surface area is 175 Å². The molecule has 0 N–H and O–H groups in total. The normalized spacial score (nSPS) is 14.2. The molecule has 5 rings (SSSR count). The molecule has 0 spiro atoms. The second kappa shape index (κ2) is 7.88. The molecule has 1 atom stereocenters. The minimum Gasteiger partial charge on any atom is -0.457 e. The third-order valence-electron chi connectivity index (χ3n) is 5.33. The van der Waals surface area contributed by atoms with Crippen molar-refractivity contribution in [3.63, 3.8) is 0 Å². The van der Waals surface area contributed by atoms with Gasteiger partial charge in [0.2, 0.25) is 0 Å². The predicted octanol–water partition coefficient (Wildman–Crippen LogP) is 6.12. The largest absolute Gasteiger partial charge is 0.457 e. The van der Waals surface area contributed by atoms with E-state index in [4.69, 9.17) is 9.47 Å². The molecule has 4 aromatic rings. The lowest BCUT2D eigenvalue weighted by Crippen LogP contribution is -2.24. The molecule has 0 saturated carbocycles. The predicted molar refractivity (Wildman–Crippen MR) is 116 cm³/mol. The number of hydrogen-bond acceptors (Lipinski definition) is 3. The van der Waals surface area contributed by atoms with E-state index in [-0.39, 0.29) is 5.97 Å². The molecule has 4 aromatic carbocycles. The van der Waals surface area contributed by atoms with Crippen LogP contribution < -0.4 is 9.47 Å².